The summed E-state index contributed by atoms with van der Waals surface area (Å²) in [7, 11) is 0. The lowest BCUT2D eigenvalue weighted by Gasteiger charge is -2.30. The standard InChI is InChI=1S/C27H27NO2/c1-22(17-18-23-11-5-2-6-12-23)27(28,20-19-24-13-7-3-8-14-24)26(29)30-21-25-15-9-4-10-16-25/h2-16,22H,19-21,28H2,1H3/t22-,27-/m1/s1. The van der Waals surface area contributed by atoms with E-state index in [4.69, 9.17) is 10.5 Å². The van der Waals surface area contributed by atoms with Crippen LogP contribution >= 0.6 is 0 Å². The highest BCUT2D eigenvalue weighted by atomic mass is 16.5. The third-order valence-corrected chi connectivity index (χ3v) is 5.24. The summed E-state index contributed by atoms with van der Waals surface area (Å²) >= 11 is 0. The average Bonchev–Trinajstić information content (AvgIpc) is 2.81. The van der Waals surface area contributed by atoms with Gasteiger partial charge in [-0.1, -0.05) is 90.7 Å². The number of carbonyl (C=O) groups excluding carboxylic acids is 1. The summed E-state index contributed by atoms with van der Waals surface area (Å²) in [6.07, 6.45) is 1.13. The molecule has 0 aliphatic rings. The quantitative estimate of drug-likeness (QED) is 0.462. The van der Waals surface area contributed by atoms with Crippen LogP contribution in [0.1, 0.15) is 30.0 Å². The molecule has 0 saturated heterocycles. The number of benzene rings is 3. The molecule has 3 heteroatoms. The Morgan fingerprint density at radius 2 is 1.43 bits per heavy atom. The number of rotatable bonds is 7. The van der Waals surface area contributed by atoms with E-state index in [1.807, 2.05) is 97.9 Å². The lowest BCUT2D eigenvalue weighted by Crippen LogP contribution is -2.54. The summed E-state index contributed by atoms with van der Waals surface area (Å²) in [5.74, 6) is 5.53. The molecule has 0 bridgehead atoms. The minimum absolute atomic E-state index is 0.197. The second-order valence-electron chi connectivity index (χ2n) is 7.44. The van der Waals surface area contributed by atoms with E-state index in [0.29, 0.717) is 12.8 Å². The summed E-state index contributed by atoms with van der Waals surface area (Å²) in [5, 5.41) is 0. The van der Waals surface area contributed by atoms with Gasteiger partial charge in [0.05, 0.1) is 0 Å². The second-order valence-corrected chi connectivity index (χ2v) is 7.44. The van der Waals surface area contributed by atoms with Crippen LogP contribution in [0.2, 0.25) is 0 Å². The van der Waals surface area contributed by atoms with Gasteiger partial charge in [0.2, 0.25) is 0 Å². The lowest BCUT2D eigenvalue weighted by atomic mass is 9.81. The van der Waals surface area contributed by atoms with Crippen LogP contribution in [0.4, 0.5) is 0 Å². The van der Waals surface area contributed by atoms with Gasteiger partial charge >= 0.3 is 5.97 Å². The van der Waals surface area contributed by atoms with Crippen LogP contribution in [0.5, 0.6) is 0 Å². The van der Waals surface area contributed by atoms with Gasteiger partial charge in [-0.2, -0.15) is 0 Å². The molecule has 30 heavy (non-hydrogen) atoms. The minimum Gasteiger partial charge on any atom is -0.459 e. The van der Waals surface area contributed by atoms with Crippen LogP contribution in [0.25, 0.3) is 0 Å². The van der Waals surface area contributed by atoms with E-state index >= 15 is 0 Å². The first-order chi connectivity index (χ1) is 14.6. The first-order valence-corrected chi connectivity index (χ1v) is 10.2. The Hall–Kier alpha value is -3.35. The van der Waals surface area contributed by atoms with E-state index in [2.05, 4.69) is 11.8 Å². The van der Waals surface area contributed by atoms with Crippen LogP contribution in [0.15, 0.2) is 91.0 Å². The molecule has 3 nitrogen and oxygen atoms in total. The van der Waals surface area contributed by atoms with Crippen molar-refractivity contribution in [2.24, 2.45) is 11.7 Å². The van der Waals surface area contributed by atoms with Crippen molar-refractivity contribution in [3.63, 3.8) is 0 Å². The first-order valence-electron chi connectivity index (χ1n) is 10.2. The Morgan fingerprint density at radius 3 is 2.03 bits per heavy atom. The fourth-order valence-corrected chi connectivity index (χ4v) is 3.19. The molecule has 0 unspecified atom stereocenters. The van der Waals surface area contributed by atoms with Gasteiger partial charge in [0.1, 0.15) is 12.1 Å². The predicted molar refractivity (Wildman–Crippen MR) is 120 cm³/mol. The van der Waals surface area contributed by atoms with Crippen molar-refractivity contribution in [2.75, 3.05) is 0 Å². The molecule has 3 aromatic carbocycles. The number of hydrogen-bond acceptors (Lipinski definition) is 3. The van der Waals surface area contributed by atoms with Crippen LogP contribution < -0.4 is 5.73 Å². The molecule has 0 spiro atoms. The van der Waals surface area contributed by atoms with Gasteiger partial charge in [0.15, 0.2) is 0 Å². The van der Waals surface area contributed by atoms with Crippen LogP contribution in [-0.2, 0) is 22.6 Å². The van der Waals surface area contributed by atoms with Crippen LogP contribution in [-0.4, -0.2) is 11.5 Å². The lowest BCUT2D eigenvalue weighted by molar-refractivity contribution is -0.153. The molecule has 152 valence electrons. The summed E-state index contributed by atoms with van der Waals surface area (Å²) in [6.45, 7) is 2.09. The third kappa shape index (κ3) is 5.83. The fraction of sp³-hybridized carbons (Fsp3) is 0.222. The van der Waals surface area contributed by atoms with Gasteiger partial charge < -0.3 is 10.5 Å². The maximum atomic E-state index is 13.1. The largest absolute Gasteiger partial charge is 0.459 e. The minimum atomic E-state index is -1.20. The molecule has 0 radical (unpaired) electrons. The highest BCUT2D eigenvalue weighted by molar-refractivity contribution is 5.81. The molecular formula is C27H27NO2. The average molecular weight is 398 g/mol. The molecule has 0 aliphatic carbocycles. The van der Waals surface area contributed by atoms with Crippen molar-refractivity contribution >= 4 is 5.97 Å². The van der Waals surface area contributed by atoms with Crippen molar-refractivity contribution in [1.29, 1.82) is 0 Å². The zero-order valence-electron chi connectivity index (χ0n) is 17.3. The molecular weight excluding hydrogens is 370 g/mol. The first kappa shape index (κ1) is 21.4. The SMILES string of the molecule is C[C@H](C#Cc1ccccc1)[C@](N)(CCc1ccccc1)C(=O)OCc1ccccc1. The summed E-state index contributed by atoms with van der Waals surface area (Å²) in [6, 6.07) is 29.3. The molecule has 2 N–H and O–H groups in total. The zero-order valence-corrected chi connectivity index (χ0v) is 17.3. The molecule has 0 heterocycles. The molecule has 0 aromatic heterocycles. The Kier molecular flexibility index (Phi) is 7.43. The topological polar surface area (TPSA) is 52.3 Å². The Morgan fingerprint density at radius 1 is 0.900 bits per heavy atom. The maximum Gasteiger partial charge on any atom is 0.327 e. The zero-order chi connectivity index (χ0) is 21.2. The van der Waals surface area contributed by atoms with Crippen molar-refractivity contribution in [3.05, 3.63) is 108 Å². The number of carbonyl (C=O) groups is 1. The summed E-state index contributed by atoms with van der Waals surface area (Å²) < 4.78 is 5.62. The molecule has 3 rings (SSSR count). The number of ether oxygens (including phenoxy) is 1. The second kappa shape index (κ2) is 10.4. The Bertz CT molecular complexity index is 991. The van der Waals surface area contributed by atoms with E-state index in [1.54, 1.807) is 0 Å². The van der Waals surface area contributed by atoms with Crippen molar-refractivity contribution < 1.29 is 9.53 Å². The highest BCUT2D eigenvalue weighted by Gasteiger charge is 2.40. The third-order valence-electron chi connectivity index (χ3n) is 5.24. The van der Waals surface area contributed by atoms with E-state index in [1.165, 1.54) is 0 Å². The molecule has 2 atom stereocenters. The van der Waals surface area contributed by atoms with Gasteiger partial charge in [-0.05, 0) is 43.0 Å². The van der Waals surface area contributed by atoms with Gasteiger partial charge in [0.25, 0.3) is 0 Å². The molecule has 3 aromatic rings. The van der Waals surface area contributed by atoms with E-state index < -0.39 is 11.5 Å². The van der Waals surface area contributed by atoms with Gasteiger partial charge in [-0.25, -0.2) is 4.79 Å². The smallest absolute Gasteiger partial charge is 0.327 e. The predicted octanol–water partition coefficient (Wildman–Crippen LogP) is 4.75. The highest BCUT2D eigenvalue weighted by Crippen LogP contribution is 2.24. The van der Waals surface area contributed by atoms with E-state index in [0.717, 1.165) is 16.7 Å². The normalized spacial score (nSPS) is 13.4. The van der Waals surface area contributed by atoms with E-state index in [9.17, 15) is 4.79 Å². The fourth-order valence-electron chi connectivity index (χ4n) is 3.19. The molecule has 0 aliphatic heterocycles. The number of aryl methyl sites for hydroxylation is 1. The van der Waals surface area contributed by atoms with Gasteiger partial charge in [0, 0.05) is 11.5 Å². The van der Waals surface area contributed by atoms with Crippen LogP contribution in [0.3, 0.4) is 0 Å². The maximum absolute atomic E-state index is 13.1. The number of esters is 1. The Balaban J connectivity index is 1.77. The monoisotopic (exact) mass is 397 g/mol. The van der Waals surface area contributed by atoms with Gasteiger partial charge in [-0.3, -0.25) is 0 Å². The van der Waals surface area contributed by atoms with Crippen molar-refractivity contribution in [2.45, 2.75) is 31.9 Å². The Labute approximate surface area is 178 Å². The summed E-state index contributed by atoms with van der Waals surface area (Å²) in [5.41, 5.74) is 8.44. The number of nitrogens with two attached hydrogens (primary N) is 1. The van der Waals surface area contributed by atoms with Gasteiger partial charge in [-0.15, -0.1) is 0 Å². The number of hydrogen-bond donors (Lipinski definition) is 1. The molecule has 0 amide bonds. The van der Waals surface area contributed by atoms with Crippen molar-refractivity contribution in [3.8, 4) is 11.8 Å². The molecule has 0 fully saturated rings. The molecule has 0 saturated carbocycles. The summed E-state index contributed by atoms with van der Waals surface area (Å²) in [4.78, 5) is 13.1. The van der Waals surface area contributed by atoms with Crippen LogP contribution in [0, 0.1) is 17.8 Å². The van der Waals surface area contributed by atoms with Crippen molar-refractivity contribution in [1.82, 2.24) is 0 Å². The van der Waals surface area contributed by atoms with E-state index in [-0.39, 0.29) is 12.5 Å².